The molecular formula is C18H17N7O2S. The first kappa shape index (κ1) is 17.9. The lowest BCUT2D eigenvalue weighted by Crippen LogP contribution is -2.35. The lowest BCUT2D eigenvalue weighted by molar-refractivity contribution is 0.0737. The highest BCUT2D eigenvalue weighted by atomic mass is 32.1. The van der Waals surface area contributed by atoms with E-state index in [0.29, 0.717) is 41.2 Å². The Hall–Kier alpha value is -3.45. The summed E-state index contributed by atoms with van der Waals surface area (Å²) in [6.07, 6.45) is 6.90. The number of anilines is 1. The molecule has 0 atom stereocenters. The van der Waals surface area contributed by atoms with Crippen LogP contribution in [0.1, 0.15) is 36.7 Å². The van der Waals surface area contributed by atoms with Gasteiger partial charge in [0.05, 0.1) is 35.6 Å². The van der Waals surface area contributed by atoms with Gasteiger partial charge in [-0.3, -0.25) is 19.0 Å². The Morgan fingerprint density at radius 2 is 1.86 bits per heavy atom. The predicted octanol–water partition coefficient (Wildman–Crippen LogP) is 1.54. The minimum absolute atomic E-state index is 0.0911. The highest BCUT2D eigenvalue weighted by Crippen LogP contribution is 2.37. The number of carbonyl (C=O) groups is 2. The summed E-state index contributed by atoms with van der Waals surface area (Å²) in [5.41, 5.74) is 2.34. The first-order chi connectivity index (χ1) is 13.5. The Morgan fingerprint density at radius 1 is 1.18 bits per heavy atom. The zero-order valence-electron chi connectivity index (χ0n) is 15.3. The summed E-state index contributed by atoms with van der Waals surface area (Å²) < 4.78 is 3.13. The molecule has 1 N–H and O–H groups in total. The Bertz CT molecular complexity index is 1120. The van der Waals surface area contributed by atoms with Crippen LogP contribution in [-0.2, 0) is 27.1 Å². The molecule has 10 heteroatoms. The van der Waals surface area contributed by atoms with Crippen molar-refractivity contribution in [3.8, 4) is 6.07 Å². The molecule has 0 aromatic carbocycles. The van der Waals surface area contributed by atoms with Crippen LogP contribution in [-0.4, -0.2) is 42.8 Å². The van der Waals surface area contributed by atoms with E-state index in [9.17, 15) is 14.9 Å². The van der Waals surface area contributed by atoms with Gasteiger partial charge in [-0.1, -0.05) is 0 Å². The first-order valence-electron chi connectivity index (χ1n) is 8.59. The summed E-state index contributed by atoms with van der Waals surface area (Å²) in [7, 11) is 3.50. The number of hydrogen-bond donors (Lipinski definition) is 1. The van der Waals surface area contributed by atoms with Gasteiger partial charge < -0.3 is 10.2 Å². The smallest absolute Gasteiger partial charge is 0.259 e. The Morgan fingerprint density at radius 3 is 2.46 bits per heavy atom. The van der Waals surface area contributed by atoms with Gasteiger partial charge in [0.25, 0.3) is 11.8 Å². The third kappa shape index (κ3) is 3.16. The van der Waals surface area contributed by atoms with Crippen LogP contribution in [0.25, 0.3) is 0 Å². The van der Waals surface area contributed by atoms with Gasteiger partial charge in [-0.25, -0.2) is 0 Å². The maximum Gasteiger partial charge on any atom is 0.259 e. The molecule has 3 aromatic heterocycles. The fraction of sp³-hybridized carbons (Fsp3) is 0.278. The van der Waals surface area contributed by atoms with Crippen molar-refractivity contribution in [2.75, 3.05) is 11.9 Å². The van der Waals surface area contributed by atoms with Crippen LogP contribution in [0.3, 0.4) is 0 Å². The number of nitriles is 1. The SMILES string of the molecule is Cn1cc(C(=O)Nc2sc3c(c2C#N)CCN(C(=O)c2cnn(C)c2)C3)cn1. The molecule has 3 aromatic rings. The number of fused-ring (bicyclic) bond motifs is 1. The summed E-state index contributed by atoms with van der Waals surface area (Å²) in [6.45, 7) is 0.924. The number of hydrogen-bond acceptors (Lipinski definition) is 6. The van der Waals surface area contributed by atoms with E-state index in [1.54, 1.807) is 46.9 Å². The third-order valence-electron chi connectivity index (χ3n) is 4.60. The summed E-state index contributed by atoms with van der Waals surface area (Å²) in [5.74, 6) is -0.405. The zero-order valence-corrected chi connectivity index (χ0v) is 16.2. The van der Waals surface area contributed by atoms with E-state index in [0.717, 1.165) is 10.4 Å². The monoisotopic (exact) mass is 395 g/mol. The molecule has 0 spiro atoms. The highest BCUT2D eigenvalue weighted by Gasteiger charge is 2.28. The molecule has 9 nitrogen and oxygen atoms in total. The van der Waals surface area contributed by atoms with Crippen LogP contribution in [0.2, 0.25) is 0 Å². The number of rotatable bonds is 3. The van der Waals surface area contributed by atoms with E-state index in [1.807, 2.05) is 0 Å². The van der Waals surface area contributed by atoms with E-state index in [-0.39, 0.29) is 11.8 Å². The fourth-order valence-corrected chi connectivity index (χ4v) is 4.42. The molecule has 4 rings (SSSR count). The molecule has 0 fully saturated rings. The van der Waals surface area contributed by atoms with Crippen molar-refractivity contribution < 1.29 is 9.59 Å². The summed E-state index contributed by atoms with van der Waals surface area (Å²) >= 11 is 1.34. The molecule has 142 valence electrons. The first-order valence-corrected chi connectivity index (χ1v) is 9.40. The van der Waals surface area contributed by atoms with E-state index in [2.05, 4.69) is 21.6 Å². The molecule has 2 amide bonds. The molecule has 0 unspecified atom stereocenters. The molecule has 1 aliphatic heterocycles. The normalized spacial score (nSPS) is 13.1. The van der Waals surface area contributed by atoms with Crippen molar-refractivity contribution in [1.29, 1.82) is 5.26 Å². The average molecular weight is 395 g/mol. The number of nitrogens with zero attached hydrogens (tertiary/aromatic N) is 6. The lowest BCUT2D eigenvalue weighted by atomic mass is 10.0. The van der Waals surface area contributed by atoms with E-state index >= 15 is 0 Å². The van der Waals surface area contributed by atoms with Crippen molar-refractivity contribution in [1.82, 2.24) is 24.5 Å². The van der Waals surface area contributed by atoms with Gasteiger partial charge in [0.2, 0.25) is 0 Å². The van der Waals surface area contributed by atoms with Crippen LogP contribution in [0.4, 0.5) is 5.00 Å². The van der Waals surface area contributed by atoms with Gasteiger partial charge in [-0.2, -0.15) is 15.5 Å². The summed E-state index contributed by atoms with van der Waals surface area (Å²) in [4.78, 5) is 27.8. The van der Waals surface area contributed by atoms with Gasteiger partial charge in [0.15, 0.2) is 0 Å². The maximum atomic E-state index is 12.7. The molecule has 0 aliphatic carbocycles. The van der Waals surface area contributed by atoms with E-state index in [4.69, 9.17) is 0 Å². The van der Waals surface area contributed by atoms with Gasteiger partial charge in [-0.15, -0.1) is 11.3 Å². The van der Waals surface area contributed by atoms with Gasteiger partial charge >= 0.3 is 0 Å². The summed E-state index contributed by atoms with van der Waals surface area (Å²) in [6, 6.07) is 2.20. The molecule has 0 saturated heterocycles. The van der Waals surface area contributed by atoms with Gasteiger partial charge in [0, 0.05) is 37.9 Å². The number of aromatic nitrogens is 4. The van der Waals surface area contributed by atoms with Crippen molar-refractivity contribution in [2.45, 2.75) is 13.0 Å². The Kier molecular flexibility index (Phi) is 4.44. The van der Waals surface area contributed by atoms with Crippen LogP contribution in [0.15, 0.2) is 24.8 Å². The lowest BCUT2D eigenvalue weighted by Gasteiger charge is -2.26. The molecule has 0 radical (unpaired) electrons. The van der Waals surface area contributed by atoms with Crippen molar-refractivity contribution in [3.05, 3.63) is 51.9 Å². The quantitative estimate of drug-likeness (QED) is 0.723. The second-order valence-corrected chi connectivity index (χ2v) is 7.66. The van der Waals surface area contributed by atoms with Gasteiger partial charge in [-0.05, 0) is 12.0 Å². The molecule has 4 heterocycles. The minimum atomic E-state index is -0.313. The largest absolute Gasteiger partial charge is 0.333 e. The molecule has 1 aliphatic rings. The topological polar surface area (TPSA) is 109 Å². The maximum absolute atomic E-state index is 12.7. The van der Waals surface area contributed by atoms with Crippen LogP contribution in [0.5, 0.6) is 0 Å². The number of carbonyl (C=O) groups excluding carboxylic acids is 2. The third-order valence-corrected chi connectivity index (χ3v) is 5.73. The molecule has 28 heavy (non-hydrogen) atoms. The van der Waals surface area contributed by atoms with Crippen molar-refractivity contribution in [3.63, 3.8) is 0 Å². The highest BCUT2D eigenvalue weighted by molar-refractivity contribution is 7.16. The van der Waals surface area contributed by atoms with Gasteiger partial charge in [0.1, 0.15) is 11.1 Å². The predicted molar refractivity (Wildman–Crippen MR) is 102 cm³/mol. The second-order valence-electron chi connectivity index (χ2n) is 6.56. The number of amides is 2. The van der Waals surface area contributed by atoms with Crippen molar-refractivity contribution in [2.24, 2.45) is 14.1 Å². The van der Waals surface area contributed by atoms with E-state index in [1.165, 1.54) is 17.5 Å². The van der Waals surface area contributed by atoms with Crippen LogP contribution < -0.4 is 5.32 Å². The second kappa shape index (κ2) is 6.94. The molecular weight excluding hydrogens is 378 g/mol. The molecule has 0 bridgehead atoms. The number of nitrogens with one attached hydrogen (secondary N) is 1. The van der Waals surface area contributed by atoms with Crippen LogP contribution in [0, 0.1) is 11.3 Å². The van der Waals surface area contributed by atoms with Crippen LogP contribution >= 0.6 is 11.3 Å². The Labute approximate surface area is 164 Å². The summed E-state index contributed by atoms with van der Waals surface area (Å²) in [5, 5.41) is 21.0. The minimum Gasteiger partial charge on any atom is -0.333 e. The van der Waals surface area contributed by atoms with Crippen molar-refractivity contribution >= 4 is 28.2 Å². The standard InChI is InChI=1S/C18H17N7O2S/c1-23-8-11(6-20-23)16(26)22-17-14(5-19)13-3-4-25(10-15(13)28-17)18(27)12-7-21-24(2)9-12/h6-9H,3-4,10H2,1-2H3,(H,22,26). The Balaban J connectivity index is 1.56. The molecule has 0 saturated carbocycles. The number of thiophene rings is 1. The average Bonchev–Trinajstić information content (AvgIpc) is 3.38. The number of aryl methyl sites for hydroxylation is 2. The van der Waals surface area contributed by atoms with E-state index < -0.39 is 0 Å². The zero-order chi connectivity index (χ0) is 19.8. The fourth-order valence-electron chi connectivity index (χ4n) is 3.21.